The number of carbonyl (C=O) groups is 1. The number of amides is 1. The maximum atomic E-state index is 12.6. The summed E-state index contributed by atoms with van der Waals surface area (Å²) < 4.78 is 0. The van der Waals surface area contributed by atoms with Crippen LogP contribution in [-0.2, 0) is 6.42 Å². The number of rotatable bonds is 7. The number of carbonyl (C=O) groups excluding carboxylic acids is 1. The van der Waals surface area contributed by atoms with E-state index < -0.39 is 0 Å². The first-order valence-corrected chi connectivity index (χ1v) is 11.1. The van der Waals surface area contributed by atoms with E-state index in [2.05, 4.69) is 71.0 Å². The molecule has 0 fully saturated rings. The third kappa shape index (κ3) is 5.63. The smallest absolute Gasteiger partial charge is 0.272 e. The molecular weight excluding hydrogens is 408 g/mol. The lowest BCUT2D eigenvalue weighted by Gasteiger charge is -2.05. The fourth-order valence-corrected chi connectivity index (χ4v) is 3.66. The Bertz CT molecular complexity index is 1240. The molecule has 0 bridgehead atoms. The van der Waals surface area contributed by atoms with Gasteiger partial charge in [0, 0.05) is 5.56 Å². The van der Waals surface area contributed by atoms with E-state index in [-0.39, 0.29) is 5.91 Å². The molecule has 0 saturated carbocycles. The van der Waals surface area contributed by atoms with Crippen LogP contribution in [0, 0.1) is 5.92 Å². The minimum absolute atomic E-state index is 0.328. The maximum absolute atomic E-state index is 12.6. The molecule has 0 aliphatic rings. The number of aromatic amines is 1. The Hall–Kier alpha value is -3.99. The number of hydrogen-bond acceptors (Lipinski definition) is 3. The van der Waals surface area contributed by atoms with Gasteiger partial charge in [-0.1, -0.05) is 92.7 Å². The Labute approximate surface area is 194 Å². The minimum Gasteiger partial charge on any atom is -0.272 e. The van der Waals surface area contributed by atoms with E-state index in [0.29, 0.717) is 11.6 Å². The molecule has 0 aliphatic heterocycles. The van der Waals surface area contributed by atoms with Crippen molar-refractivity contribution in [2.45, 2.75) is 27.2 Å². The molecule has 0 spiro atoms. The van der Waals surface area contributed by atoms with Crippen LogP contribution in [0.25, 0.3) is 22.4 Å². The number of nitrogens with zero attached hydrogens (tertiary/aromatic N) is 2. The quantitative estimate of drug-likeness (QED) is 0.272. The molecule has 0 atom stereocenters. The Kier molecular flexibility index (Phi) is 6.79. The first-order valence-electron chi connectivity index (χ1n) is 11.1. The summed E-state index contributed by atoms with van der Waals surface area (Å²) in [4.78, 5) is 12.6. The molecule has 3 aromatic carbocycles. The molecule has 1 aromatic heterocycles. The molecule has 1 heterocycles. The second-order valence-electron chi connectivity index (χ2n) is 8.54. The molecule has 0 saturated heterocycles. The number of benzene rings is 3. The number of hydrazone groups is 1. The highest BCUT2D eigenvalue weighted by Crippen LogP contribution is 2.21. The number of aromatic nitrogens is 2. The van der Waals surface area contributed by atoms with Gasteiger partial charge in [-0.3, -0.25) is 9.89 Å². The van der Waals surface area contributed by atoms with Crippen LogP contribution < -0.4 is 5.43 Å². The topological polar surface area (TPSA) is 70.1 Å². The number of H-pyrrole nitrogens is 1. The second-order valence-corrected chi connectivity index (χ2v) is 8.54. The van der Waals surface area contributed by atoms with Crippen LogP contribution in [0.3, 0.4) is 0 Å². The zero-order chi connectivity index (χ0) is 23.2. The number of nitrogens with one attached hydrogen (secondary N) is 2. The van der Waals surface area contributed by atoms with Crippen LogP contribution in [0.4, 0.5) is 0 Å². The van der Waals surface area contributed by atoms with Gasteiger partial charge in [0.2, 0.25) is 0 Å². The zero-order valence-corrected chi connectivity index (χ0v) is 19.2. The summed E-state index contributed by atoms with van der Waals surface area (Å²) in [5.41, 5.74) is 9.95. The molecule has 5 nitrogen and oxygen atoms in total. The fourth-order valence-electron chi connectivity index (χ4n) is 3.66. The van der Waals surface area contributed by atoms with Gasteiger partial charge in [0.15, 0.2) is 0 Å². The molecule has 166 valence electrons. The molecule has 0 unspecified atom stereocenters. The molecule has 0 radical (unpaired) electrons. The zero-order valence-electron chi connectivity index (χ0n) is 19.2. The first-order chi connectivity index (χ1) is 16.0. The molecule has 0 aliphatic carbocycles. The van der Waals surface area contributed by atoms with Gasteiger partial charge in [0.05, 0.1) is 11.4 Å². The first kappa shape index (κ1) is 22.2. The summed E-state index contributed by atoms with van der Waals surface area (Å²) in [5.74, 6) is 0.285. The van der Waals surface area contributed by atoms with Crippen molar-refractivity contribution in [1.82, 2.24) is 15.6 Å². The molecule has 4 aromatic rings. The standard InChI is InChI=1S/C28H28N4O/c1-19(2)17-21-9-11-25(12-10-21)26-18-27(31-30-26)28(33)32-29-20(3)22-13-15-24(16-14-22)23-7-5-4-6-8-23/h4-16,18-19H,17H2,1-3H3,(H,30,31)(H,32,33). The largest absolute Gasteiger partial charge is 0.289 e. The van der Waals surface area contributed by atoms with E-state index in [1.54, 1.807) is 6.07 Å². The Morgan fingerprint density at radius 1 is 0.909 bits per heavy atom. The van der Waals surface area contributed by atoms with Crippen LogP contribution in [0.1, 0.15) is 42.4 Å². The van der Waals surface area contributed by atoms with E-state index in [4.69, 9.17) is 0 Å². The lowest BCUT2D eigenvalue weighted by Crippen LogP contribution is -2.19. The molecule has 1 amide bonds. The third-order valence-electron chi connectivity index (χ3n) is 5.45. The van der Waals surface area contributed by atoms with Crippen LogP contribution in [-0.4, -0.2) is 21.8 Å². The highest BCUT2D eigenvalue weighted by Gasteiger charge is 2.11. The Morgan fingerprint density at radius 3 is 2.21 bits per heavy atom. The summed E-state index contributed by atoms with van der Waals surface area (Å²) in [6.07, 6.45) is 1.04. The fraction of sp³-hybridized carbons (Fsp3) is 0.179. The van der Waals surface area contributed by atoms with Crippen LogP contribution in [0.15, 0.2) is 90.0 Å². The summed E-state index contributed by atoms with van der Waals surface area (Å²) in [6.45, 7) is 6.28. The summed E-state index contributed by atoms with van der Waals surface area (Å²) in [5, 5.41) is 11.4. The van der Waals surface area contributed by atoms with Crippen molar-refractivity contribution >= 4 is 11.6 Å². The molecular formula is C28H28N4O. The Morgan fingerprint density at radius 2 is 1.55 bits per heavy atom. The summed E-state index contributed by atoms with van der Waals surface area (Å²) in [7, 11) is 0. The summed E-state index contributed by atoms with van der Waals surface area (Å²) in [6, 6.07) is 28.4. The monoisotopic (exact) mass is 436 g/mol. The highest BCUT2D eigenvalue weighted by atomic mass is 16.2. The van der Waals surface area contributed by atoms with Gasteiger partial charge in [0.25, 0.3) is 5.91 Å². The van der Waals surface area contributed by atoms with Crippen molar-refractivity contribution in [3.63, 3.8) is 0 Å². The van der Waals surface area contributed by atoms with Crippen LogP contribution in [0.5, 0.6) is 0 Å². The van der Waals surface area contributed by atoms with Gasteiger partial charge in [-0.2, -0.15) is 10.2 Å². The van der Waals surface area contributed by atoms with Crippen LogP contribution in [0.2, 0.25) is 0 Å². The average molecular weight is 437 g/mol. The van der Waals surface area contributed by atoms with Crippen molar-refractivity contribution in [2.75, 3.05) is 0 Å². The van der Waals surface area contributed by atoms with E-state index in [1.165, 1.54) is 5.56 Å². The SMILES string of the molecule is CC(=NNC(=O)c1cc(-c2ccc(CC(C)C)cc2)n[nH]1)c1ccc(-c2ccccc2)cc1. The normalized spacial score (nSPS) is 11.6. The van der Waals surface area contributed by atoms with Crippen molar-refractivity contribution < 1.29 is 4.79 Å². The summed E-state index contributed by atoms with van der Waals surface area (Å²) >= 11 is 0. The molecule has 4 rings (SSSR count). The third-order valence-corrected chi connectivity index (χ3v) is 5.45. The minimum atomic E-state index is -0.328. The molecule has 5 heteroatoms. The Balaban J connectivity index is 1.40. The highest BCUT2D eigenvalue weighted by molar-refractivity contribution is 6.01. The van der Waals surface area contributed by atoms with E-state index in [0.717, 1.165) is 40.1 Å². The average Bonchev–Trinajstić information content (AvgIpc) is 3.33. The van der Waals surface area contributed by atoms with Gasteiger partial charge in [-0.05, 0) is 47.6 Å². The van der Waals surface area contributed by atoms with Crippen molar-refractivity contribution in [3.8, 4) is 22.4 Å². The predicted octanol–water partition coefficient (Wildman–Crippen LogP) is 6.10. The van der Waals surface area contributed by atoms with Gasteiger partial charge in [-0.25, -0.2) is 5.43 Å². The van der Waals surface area contributed by atoms with Gasteiger partial charge in [0.1, 0.15) is 5.69 Å². The van der Waals surface area contributed by atoms with E-state index >= 15 is 0 Å². The number of hydrogen-bond donors (Lipinski definition) is 2. The van der Waals surface area contributed by atoms with Crippen molar-refractivity contribution in [1.29, 1.82) is 0 Å². The lowest BCUT2D eigenvalue weighted by atomic mass is 10.0. The van der Waals surface area contributed by atoms with Gasteiger partial charge >= 0.3 is 0 Å². The van der Waals surface area contributed by atoms with Gasteiger partial charge in [-0.15, -0.1) is 0 Å². The molecule has 2 N–H and O–H groups in total. The predicted molar refractivity (Wildman–Crippen MR) is 134 cm³/mol. The maximum Gasteiger partial charge on any atom is 0.289 e. The van der Waals surface area contributed by atoms with E-state index in [9.17, 15) is 4.79 Å². The van der Waals surface area contributed by atoms with Crippen molar-refractivity contribution in [3.05, 3.63) is 102 Å². The van der Waals surface area contributed by atoms with Crippen LogP contribution >= 0.6 is 0 Å². The van der Waals surface area contributed by atoms with Crippen molar-refractivity contribution in [2.24, 2.45) is 11.0 Å². The lowest BCUT2D eigenvalue weighted by molar-refractivity contribution is 0.0950. The van der Waals surface area contributed by atoms with Gasteiger partial charge < -0.3 is 0 Å². The van der Waals surface area contributed by atoms with E-state index in [1.807, 2.05) is 49.4 Å². The molecule has 33 heavy (non-hydrogen) atoms. The second kappa shape index (κ2) is 10.1.